The second-order valence-corrected chi connectivity index (χ2v) is 8.91. The second kappa shape index (κ2) is 10.7. The maximum atomic E-state index is 13.0. The lowest BCUT2D eigenvalue weighted by atomic mass is 9.90. The van der Waals surface area contributed by atoms with E-state index in [1.807, 2.05) is 48.7 Å². The molecule has 1 unspecified atom stereocenters. The quantitative estimate of drug-likeness (QED) is 0.341. The lowest BCUT2D eigenvalue weighted by molar-refractivity contribution is -0.122. The molecule has 0 saturated heterocycles. The van der Waals surface area contributed by atoms with Gasteiger partial charge in [0, 0.05) is 36.1 Å². The van der Waals surface area contributed by atoms with Gasteiger partial charge in [-0.2, -0.15) is 0 Å². The van der Waals surface area contributed by atoms with Gasteiger partial charge in [0.25, 0.3) is 0 Å². The van der Waals surface area contributed by atoms with Gasteiger partial charge in [-0.25, -0.2) is 0 Å². The summed E-state index contributed by atoms with van der Waals surface area (Å²) >= 11 is 0. The monoisotopic (exact) mass is 485 g/mol. The first-order valence-corrected chi connectivity index (χ1v) is 12.2. The summed E-state index contributed by atoms with van der Waals surface area (Å²) in [5.41, 5.74) is 4.44. The molecule has 0 radical (unpaired) electrons. The lowest BCUT2D eigenvalue weighted by Crippen LogP contribution is -2.38. The molecular weight excluding hydrogens is 454 g/mol. The molecule has 1 aromatic heterocycles. The molecule has 1 aliphatic heterocycles. The number of benzene rings is 3. The maximum Gasteiger partial charge on any atom is 0.234 e. The number of methoxy groups -OCH3 is 1. The predicted octanol–water partition coefficient (Wildman–Crippen LogP) is 4.68. The van der Waals surface area contributed by atoms with E-state index in [1.54, 1.807) is 7.11 Å². The van der Waals surface area contributed by atoms with Crippen molar-refractivity contribution < 1.29 is 19.0 Å². The number of H-pyrrole nitrogens is 1. The number of aromatic nitrogens is 1. The topological polar surface area (TPSA) is 75.8 Å². The highest BCUT2D eigenvalue weighted by molar-refractivity contribution is 5.84. The van der Waals surface area contributed by atoms with Gasteiger partial charge in [0.15, 0.2) is 11.5 Å². The first-order chi connectivity index (χ1) is 17.6. The number of ether oxygens (including phenoxy) is 3. The summed E-state index contributed by atoms with van der Waals surface area (Å²) < 4.78 is 16.2. The molecule has 2 heterocycles. The van der Waals surface area contributed by atoms with E-state index in [4.69, 9.17) is 14.2 Å². The summed E-state index contributed by atoms with van der Waals surface area (Å²) in [6.07, 6.45) is 2.05. The number of carbonyl (C=O) groups is 1. The minimum Gasteiger partial charge on any atom is -0.497 e. The van der Waals surface area contributed by atoms with Crippen molar-refractivity contribution in [3.8, 4) is 17.2 Å². The molecule has 4 aromatic rings. The third-order valence-electron chi connectivity index (χ3n) is 6.68. The fraction of sp³-hybridized carbons (Fsp3) is 0.276. The third-order valence-corrected chi connectivity index (χ3v) is 6.68. The van der Waals surface area contributed by atoms with Gasteiger partial charge in [-0.15, -0.1) is 0 Å². The molecule has 1 amide bonds. The Balaban J connectivity index is 1.28. The van der Waals surface area contributed by atoms with Crippen molar-refractivity contribution in [3.05, 3.63) is 89.6 Å². The normalized spacial score (nSPS) is 13.2. The number of aromatic amines is 1. The Kier molecular flexibility index (Phi) is 7.09. The molecule has 2 N–H and O–H groups in total. The third kappa shape index (κ3) is 5.16. The van der Waals surface area contributed by atoms with Crippen molar-refractivity contribution in [1.29, 1.82) is 0 Å². The van der Waals surface area contributed by atoms with E-state index in [0.717, 1.165) is 51.4 Å². The number of nitrogens with one attached hydrogen (secondary N) is 2. The number of carbonyl (C=O) groups excluding carboxylic acids is 1. The van der Waals surface area contributed by atoms with Gasteiger partial charge in [-0.1, -0.05) is 43.3 Å². The number of fused-ring (bicyclic) bond motifs is 2. The van der Waals surface area contributed by atoms with Crippen LogP contribution in [0.2, 0.25) is 0 Å². The first kappa shape index (κ1) is 23.8. The standard InChI is InChI=1S/C29H31N3O4/c1-3-32(17-20-8-13-27-28(14-20)36-19-35-27)18-29(33)31-15-24(21-9-11-22(34-2)12-10-21)25-16-30-26-7-5-4-6-23(25)26/h4-14,16,24,30H,3,15,17-19H2,1-2H3,(H,31,33). The number of hydrogen-bond acceptors (Lipinski definition) is 5. The first-order valence-electron chi connectivity index (χ1n) is 12.2. The van der Waals surface area contributed by atoms with E-state index in [-0.39, 0.29) is 18.6 Å². The fourth-order valence-electron chi connectivity index (χ4n) is 4.68. The molecular formula is C29H31N3O4. The van der Waals surface area contributed by atoms with Gasteiger partial charge in [-0.3, -0.25) is 9.69 Å². The highest BCUT2D eigenvalue weighted by Gasteiger charge is 2.20. The Bertz CT molecular complexity index is 1330. The molecule has 186 valence electrons. The molecule has 7 heteroatoms. The zero-order valence-electron chi connectivity index (χ0n) is 20.6. The van der Waals surface area contributed by atoms with Gasteiger partial charge < -0.3 is 24.5 Å². The molecule has 1 aliphatic rings. The van der Waals surface area contributed by atoms with Crippen LogP contribution in [0, 0.1) is 0 Å². The molecule has 0 saturated carbocycles. The van der Waals surface area contributed by atoms with Gasteiger partial charge in [0.2, 0.25) is 12.7 Å². The highest BCUT2D eigenvalue weighted by atomic mass is 16.7. The van der Waals surface area contributed by atoms with Crippen LogP contribution in [0.15, 0.2) is 72.9 Å². The van der Waals surface area contributed by atoms with E-state index < -0.39 is 0 Å². The van der Waals surface area contributed by atoms with Gasteiger partial charge >= 0.3 is 0 Å². The molecule has 1 atom stereocenters. The Labute approximate surface area is 211 Å². The van der Waals surface area contributed by atoms with Crippen LogP contribution >= 0.6 is 0 Å². The van der Waals surface area contributed by atoms with Crippen LogP contribution < -0.4 is 19.5 Å². The number of amides is 1. The van der Waals surface area contributed by atoms with Crippen molar-refractivity contribution in [2.24, 2.45) is 0 Å². The summed E-state index contributed by atoms with van der Waals surface area (Å²) in [7, 11) is 1.66. The number of rotatable bonds is 10. The Hall–Kier alpha value is -3.97. The zero-order chi connectivity index (χ0) is 24.9. The van der Waals surface area contributed by atoms with Crippen LogP contribution in [0.4, 0.5) is 0 Å². The smallest absolute Gasteiger partial charge is 0.234 e. The summed E-state index contributed by atoms with van der Waals surface area (Å²) in [6.45, 7) is 4.54. The van der Waals surface area contributed by atoms with E-state index in [9.17, 15) is 4.79 Å². The average molecular weight is 486 g/mol. The van der Waals surface area contributed by atoms with Gasteiger partial charge in [0.1, 0.15) is 5.75 Å². The molecule has 0 fully saturated rings. The van der Waals surface area contributed by atoms with Crippen LogP contribution in [0.1, 0.15) is 29.5 Å². The van der Waals surface area contributed by atoms with Crippen molar-refractivity contribution in [2.75, 3.05) is 33.5 Å². The van der Waals surface area contributed by atoms with Gasteiger partial charge in [0.05, 0.1) is 13.7 Å². The lowest BCUT2D eigenvalue weighted by Gasteiger charge is -2.22. The average Bonchev–Trinajstić information content (AvgIpc) is 3.56. The van der Waals surface area contributed by atoms with Crippen LogP contribution in [0.3, 0.4) is 0 Å². The van der Waals surface area contributed by atoms with Crippen LogP contribution in [-0.4, -0.2) is 49.3 Å². The van der Waals surface area contributed by atoms with Crippen LogP contribution in [0.5, 0.6) is 17.2 Å². The number of hydrogen-bond donors (Lipinski definition) is 2. The van der Waals surface area contributed by atoms with E-state index >= 15 is 0 Å². The predicted molar refractivity (Wildman–Crippen MR) is 140 cm³/mol. The molecule has 3 aromatic carbocycles. The molecule has 0 spiro atoms. The van der Waals surface area contributed by atoms with Crippen molar-refractivity contribution in [1.82, 2.24) is 15.2 Å². The summed E-state index contributed by atoms with van der Waals surface area (Å²) in [5, 5.41) is 4.34. The van der Waals surface area contributed by atoms with E-state index in [2.05, 4.69) is 46.4 Å². The number of para-hydroxylation sites is 1. The van der Waals surface area contributed by atoms with Crippen LogP contribution in [-0.2, 0) is 11.3 Å². The van der Waals surface area contributed by atoms with Crippen molar-refractivity contribution >= 4 is 16.8 Å². The SMILES string of the molecule is CCN(CC(=O)NCC(c1ccc(OC)cc1)c1c[nH]c2ccccc12)Cc1ccc2c(c1)OCO2. The summed E-state index contributed by atoms with van der Waals surface area (Å²) in [5.74, 6) is 2.33. The summed E-state index contributed by atoms with van der Waals surface area (Å²) in [4.78, 5) is 18.5. The molecule has 7 nitrogen and oxygen atoms in total. The molecule has 0 aliphatic carbocycles. The fourth-order valence-corrected chi connectivity index (χ4v) is 4.68. The van der Waals surface area contributed by atoms with E-state index in [0.29, 0.717) is 19.6 Å². The molecule has 5 rings (SSSR count). The molecule has 36 heavy (non-hydrogen) atoms. The summed E-state index contributed by atoms with van der Waals surface area (Å²) in [6, 6.07) is 22.2. The largest absolute Gasteiger partial charge is 0.497 e. The van der Waals surface area contributed by atoms with Crippen molar-refractivity contribution in [3.63, 3.8) is 0 Å². The minimum absolute atomic E-state index is 0.0000534. The Morgan fingerprint density at radius 3 is 2.69 bits per heavy atom. The number of likely N-dealkylation sites (N-methyl/N-ethyl adjacent to an activating group) is 1. The van der Waals surface area contributed by atoms with Crippen LogP contribution in [0.25, 0.3) is 10.9 Å². The highest BCUT2D eigenvalue weighted by Crippen LogP contribution is 2.33. The number of nitrogens with zero attached hydrogens (tertiary/aromatic N) is 1. The minimum atomic E-state index is -0.00375. The Morgan fingerprint density at radius 2 is 1.89 bits per heavy atom. The van der Waals surface area contributed by atoms with E-state index in [1.165, 1.54) is 0 Å². The molecule has 0 bridgehead atoms. The second-order valence-electron chi connectivity index (χ2n) is 8.91. The Morgan fingerprint density at radius 1 is 1.08 bits per heavy atom. The zero-order valence-corrected chi connectivity index (χ0v) is 20.6. The van der Waals surface area contributed by atoms with Crippen molar-refractivity contribution in [2.45, 2.75) is 19.4 Å². The van der Waals surface area contributed by atoms with Gasteiger partial charge in [-0.05, 0) is 53.6 Å². The maximum absolute atomic E-state index is 13.0.